The van der Waals surface area contributed by atoms with Crippen LogP contribution in [0.2, 0.25) is 0 Å². The quantitative estimate of drug-likeness (QED) is 0.348. The van der Waals surface area contributed by atoms with Crippen LogP contribution in [0.4, 0.5) is 0 Å². The lowest BCUT2D eigenvalue weighted by atomic mass is 10.0. The lowest BCUT2D eigenvalue weighted by Crippen LogP contribution is -2.14. The Kier molecular flexibility index (Phi) is 9.90. The Bertz CT molecular complexity index is 507. The third-order valence-electron chi connectivity index (χ3n) is 2.56. The van der Waals surface area contributed by atoms with Crippen molar-refractivity contribution in [3.63, 3.8) is 0 Å². The van der Waals surface area contributed by atoms with Crippen molar-refractivity contribution in [2.45, 2.75) is 20.8 Å². The molecular weight excluding hydrogens is 286 g/mol. The molecule has 0 atom stereocenters. The number of allylic oxidation sites excluding steroid dienone is 1. The number of benzene rings is 1. The summed E-state index contributed by atoms with van der Waals surface area (Å²) in [6.45, 7) is 12.3. The second kappa shape index (κ2) is 10.9. The molecule has 0 aliphatic rings. The molecule has 0 saturated heterocycles. The van der Waals surface area contributed by atoms with Gasteiger partial charge in [-0.05, 0) is 31.9 Å². The molecule has 0 aliphatic carbocycles. The van der Waals surface area contributed by atoms with Crippen molar-refractivity contribution in [2.75, 3.05) is 13.2 Å². The minimum Gasteiger partial charge on any atom is -0.462 e. The molecule has 0 radical (unpaired) electrons. The monoisotopic (exact) mass is 307 g/mol. The van der Waals surface area contributed by atoms with E-state index in [1.54, 1.807) is 6.92 Å². The Morgan fingerprint density at radius 2 is 1.81 bits per heavy atom. The summed E-state index contributed by atoms with van der Waals surface area (Å²) in [5, 5.41) is 0.197. The fourth-order valence-electron chi connectivity index (χ4n) is 1.65. The molecule has 1 rings (SSSR count). The summed E-state index contributed by atoms with van der Waals surface area (Å²) in [5.41, 5.74) is 2.02. The highest BCUT2D eigenvalue weighted by Crippen LogP contribution is 2.21. The van der Waals surface area contributed by atoms with Gasteiger partial charge in [0.2, 0.25) is 0 Å². The zero-order valence-electron chi connectivity index (χ0n) is 12.9. The molecule has 21 heavy (non-hydrogen) atoms. The van der Waals surface area contributed by atoms with Gasteiger partial charge in [-0.3, -0.25) is 4.99 Å². The first-order valence-electron chi connectivity index (χ1n) is 6.75. The highest BCUT2D eigenvalue weighted by molar-refractivity contribution is 6.73. The molecule has 0 heterocycles. The molecule has 0 bridgehead atoms. The van der Waals surface area contributed by atoms with E-state index >= 15 is 0 Å². The molecule has 0 saturated carbocycles. The number of aliphatic imine (C=N–C) groups is 1. The van der Waals surface area contributed by atoms with Crippen molar-refractivity contribution < 1.29 is 9.53 Å². The van der Waals surface area contributed by atoms with Gasteiger partial charge in [0, 0.05) is 6.54 Å². The number of rotatable bonds is 5. The summed E-state index contributed by atoms with van der Waals surface area (Å²) < 4.78 is 5.05. The zero-order chi connectivity index (χ0) is 16.3. The number of hydrogen-bond acceptors (Lipinski definition) is 3. The summed E-state index contributed by atoms with van der Waals surface area (Å²) in [6, 6.07) is 9.58. The molecule has 1 aromatic carbocycles. The molecule has 3 nitrogen and oxygen atoms in total. The summed E-state index contributed by atoms with van der Waals surface area (Å²) in [7, 11) is 0. The van der Waals surface area contributed by atoms with Gasteiger partial charge < -0.3 is 4.74 Å². The van der Waals surface area contributed by atoms with E-state index in [2.05, 4.69) is 18.2 Å². The molecule has 0 unspecified atom stereocenters. The van der Waals surface area contributed by atoms with Crippen molar-refractivity contribution in [1.29, 1.82) is 0 Å². The first-order chi connectivity index (χ1) is 10.1. The van der Waals surface area contributed by atoms with Gasteiger partial charge in [-0.25, -0.2) is 4.79 Å². The maximum Gasteiger partial charge on any atom is 0.341 e. The largest absolute Gasteiger partial charge is 0.462 e. The third kappa shape index (κ3) is 5.96. The number of nitrogens with zero attached hydrogens (tertiary/aromatic N) is 1. The second-order valence-electron chi connectivity index (χ2n) is 3.85. The molecule has 0 aromatic heterocycles. The molecule has 0 aliphatic heterocycles. The standard InChI is InChI=1S/C15H18ClNO2.C2H4/c1-4-17-14(16)13(15(18)19-5-2)11(3)12-9-7-6-8-10-12;1-2/h6-10H,4-5H2,1-3H3;1-2H2/b13-11-,17-14?;. The first-order valence-corrected chi connectivity index (χ1v) is 7.13. The van der Waals surface area contributed by atoms with Crippen molar-refractivity contribution in [1.82, 2.24) is 0 Å². The van der Waals surface area contributed by atoms with Crippen LogP contribution in [-0.4, -0.2) is 24.3 Å². The van der Waals surface area contributed by atoms with Gasteiger partial charge in [0.25, 0.3) is 0 Å². The van der Waals surface area contributed by atoms with Crippen molar-refractivity contribution >= 4 is 28.3 Å². The Balaban J connectivity index is 0.00000191. The van der Waals surface area contributed by atoms with Crippen LogP contribution in [0.1, 0.15) is 26.3 Å². The molecule has 0 N–H and O–H groups in total. The Labute approximate surface area is 132 Å². The highest BCUT2D eigenvalue weighted by Gasteiger charge is 2.19. The lowest BCUT2D eigenvalue weighted by molar-refractivity contribution is -0.137. The fraction of sp³-hybridized carbons (Fsp3) is 0.294. The summed E-state index contributed by atoms with van der Waals surface area (Å²) in [4.78, 5) is 16.1. The molecule has 1 aromatic rings. The van der Waals surface area contributed by atoms with Crippen LogP contribution < -0.4 is 0 Å². The van der Waals surface area contributed by atoms with Gasteiger partial charge in [0.15, 0.2) is 0 Å². The minimum atomic E-state index is -0.439. The van der Waals surface area contributed by atoms with E-state index < -0.39 is 5.97 Å². The van der Waals surface area contributed by atoms with Gasteiger partial charge in [-0.2, -0.15) is 0 Å². The molecule has 114 valence electrons. The van der Waals surface area contributed by atoms with Crippen LogP contribution in [-0.2, 0) is 9.53 Å². The predicted octanol–water partition coefficient (Wildman–Crippen LogP) is 4.48. The van der Waals surface area contributed by atoms with Gasteiger partial charge in [-0.1, -0.05) is 41.9 Å². The highest BCUT2D eigenvalue weighted by atomic mass is 35.5. The van der Waals surface area contributed by atoms with E-state index in [-0.39, 0.29) is 5.17 Å². The third-order valence-corrected chi connectivity index (χ3v) is 2.87. The van der Waals surface area contributed by atoms with E-state index in [0.29, 0.717) is 18.7 Å². The van der Waals surface area contributed by atoms with E-state index in [9.17, 15) is 4.79 Å². The molecule has 0 fully saturated rings. The van der Waals surface area contributed by atoms with Crippen LogP contribution in [0, 0.1) is 0 Å². The average molecular weight is 308 g/mol. The molecule has 0 spiro atoms. The molecule has 0 amide bonds. The van der Waals surface area contributed by atoms with Crippen LogP contribution in [0.5, 0.6) is 0 Å². The van der Waals surface area contributed by atoms with Crippen molar-refractivity contribution in [2.24, 2.45) is 4.99 Å². The zero-order valence-corrected chi connectivity index (χ0v) is 13.6. The number of halogens is 1. The van der Waals surface area contributed by atoms with Gasteiger partial charge >= 0.3 is 5.97 Å². The van der Waals surface area contributed by atoms with E-state index in [1.807, 2.05) is 44.2 Å². The molecular formula is C17H22ClNO2. The SMILES string of the molecule is C=C.CCN=C(Cl)/C(C(=O)OCC)=C(\C)c1ccccc1. The second-order valence-corrected chi connectivity index (χ2v) is 4.21. The van der Waals surface area contributed by atoms with Gasteiger partial charge in [-0.15, -0.1) is 13.2 Å². The smallest absolute Gasteiger partial charge is 0.341 e. The van der Waals surface area contributed by atoms with Crippen molar-refractivity contribution in [3.8, 4) is 0 Å². The van der Waals surface area contributed by atoms with E-state index in [4.69, 9.17) is 16.3 Å². The topological polar surface area (TPSA) is 38.7 Å². The lowest BCUT2D eigenvalue weighted by Gasteiger charge is -2.10. The Morgan fingerprint density at radius 3 is 2.29 bits per heavy atom. The average Bonchev–Trinajstić information content (AvgIpc) is 2.51. The van der Waals surface area contributed by atoms with E-state index in [1.165, 1.54) is 0 Å². The predicted molar refractivity (Wildman–Crippen MR) is 90.8 cm³/mol. The van der Waals surface area contributed by atoms with Crippen LogP contribution in [0.25, 0.3) is 5.57 Å². The van der Waals surface area contributed by atoms with Crippen LogP contribution in [0.3, 0.4) is 0 Å². The number of hydrogen-bond donors (Lipinski definition) is 0. The maximum absolute atomic E-state index is 12.0. The summed E-state index contributed by atoms with van der Waals surface area (Å²) >= 11 is 6.11. The number of carbonyl (C=O) groups excluding carboxylic acids is 1. The Hall–Kier alpha value is -1.87. The fourth-order valence-corrected chi connectivity index (χ4v) is 1.98. The minimum absolute atomic E-state index is 0.197. The number of esters is 1. The van der Waals surface area contributed by atoms with Gasteiger partial charge in [0.05, 0.1) is 12.2 Å². The number of carbonyl (C=O) groups is 1. The first kappa shape index (κ1) is 19.1. The molecule has 4 heteroatoms. The van der Waals surface area contributed by atoms with E-state index in [0.717, 1.165) is 11.1 Å². The van der Waals surface area contributed by atoms with Crippen LogP contribution in [0.15, 0.2) is 54.1 Å². The van der Waals surface area contributed by atoms with Crippen molar-refractivity contribution in [3.05, 3.63) is 54.6 Å². The summed E-state index contributed by atoms with van der Waals surface area (Å²) in [6.07, 6.45) is 0. The normalized spacial score (nSPS) is 11.9. The number of ether oxygens (including phenoxy) is 1. The van der Waals surface area contributed by atoms with Gasteiger partial charge in [0.1, 0.15) is 5.17 Å². The maximum atomic E-state index is 12.0. The van der Waals surface area contributed by atoms with Crippen LogP contribution >= 0.6 is 11.6 Å². The summed E-state index contributed by atoms with van der Waals surface area (Å²) in [5.74, 6) is -0.439. The Morgan fingerprint density at radius 1 is 1.24 bits per heavy atom.